The first-order valence-corrected chi connectivity index (χ1v) is 9.43. The first-order chi connectivity index (χ1) is 10.3. The molecule has 0 unspecified atom stereocenters. The molecule has 116 valence electrons. The van der Waals surface area contributed by atoms with Gasteiger partial charge in [0.05, 0.1) is 10.6 Å². The summed E-state index contributed by atoms with van der Waals surface area (Å²) < 4.78 is 28.0. The molecule has 0 saturated carbocycles. The van der Waals surface area contributed by atoms with Gasteiger partial charge in [-0.15, -0.1) is 0 Å². The van der Waals surface area contributed by atoms with Gasteiger partial charge in [0, 0.05) is 8.95 Å². The fraction of sp³-hybridized carbons (Fsp3) is 0.0714. The Kier molecular flexibility index (Phi) is 5.65. The van der Waals surface area contributed by atoms with Crippen molar-refractivity contribution in [2.75, 3.05) is 10.8 Å². The fourth-order valence-electron chi connectivity index (χ4n) is 1.77. The van der Waals surface area contributed by atoms with Crippen molar-refractivity contribution in [3.63, 3.8) is 0 Å². The first kappa shape index (κ1) is 17.5. The maximum atomic E-state index is 12.8. The highest BCUT2D eigenvalue weighted by atomic mass is 79.9. The summed E-state index contributed by atoms with van der Waals surface area (Å²) in [5.74, 6) is 0. The van der Waals surface area contributed by atoms with Crippen LogP contribution in [0.2, 0.25) is 0 Å². The van der Waals surface area contributed by atoms with Crippen LogP contribution in [0.25, 0.3) is 0 Å². The van der Waals surface area contributed by atoms with Gasteiger partial charge in [-0.05, 0) is 60.1 Å². The highest BCUT2D eigenvalue weighted by molar-refractivity contribution is 9.10. The molecule has 0 radical (unpaired) electrons. The predicted molar refractivity (Wildman–Crippen MR) is 93.7 cm³/mol. The minimum atomic E-state index is -3.89. The molecule has 4 nitrogen and oxygen atoms in total. The minimum absolute atomic E-state index is 0.0801. The van der Waals surface area contributed by atoms with E-state index in [2.05, 4.69) is 31.9 Å². The van der Waals surface area contributed by atoms with E-state index in [0.717, 1.165) is 13.3 Å². The van der Waals surface area contributed by atoms with E-state index >= 15 is 0 Å². The Morgan fingerprint density at radius 3 is 1.86 bits per heavy atom. The van der Waals surface area contributed by atoms with Gasteiger partial charge in [-0.1, -0.05) is 31.9 Å². The molecule has 0 aliphatic rings. The summed E-state index contributed by atoms with van der Waals surface area (Å²) in [6.45, 7) is -0.443. The Labute approximate surface area is 150 Å². The standard InChI is InChI=1S/C14H10Br2ClNO3S/c15-10-1-5-12(6-2-10)18(9-14(17)19)22(20,21)13-7-3-11(16)4-8-13/h1-8H,9H2. The molecule has 0 N–H and O–H groups in total. The third-order valence-corrected chi connectivity index (χ3v) is 5.75. The quantitative estimate of drug-likeness (QED) is 0.620. The zero-order valence-electron chi connectivity index (χ0n) is 11.0. The lowest BCUT2D eigenvalue weighted by molar-refractivity contribution is -0.110. The maximum Gasteiger partial charge on any atom is 0.264 e. The van der Waals surface area contributed by atoms with Gasteiger partial charge in [0.1, 0.15) is 6.54 Å². The largest absolute Gasteiger partial charge is 0.279 e. The summed E-state index contributed by atoms with van der Waals surface area (Å²) in [5, 5.41) is -0.761. The number of rotatable bonds is 5. The summed E-state index contributed by atoms with van der Waals surface area (Å²) in [6, 6.07) is 12.7. The molecule has 0 atom stereocenters. The zero-order chi connectivity index (χ0) is 16.3. The topological polar surface area (TPSA) is 54.5 Å². The SMILES string of the molecule is O=C(Cl)CN(c1ccc(Br)cc1)S(=O)(=O)c1ccc(Br)cc1. The van der Waals surface area contributed by atoms with Crippen LogP contribution < -0.4 is 4.31 Å². The normalized spacial score (nSPS) is 11.2. The number of carbonyl (C=O) groups excluding carboxylic acids is 1. The number of hydrogen-bond donors (Lipinski definition) is 0. The van der Waals surface area contributed by atoms with Gasteiger partial charge in [-0.3, -0.25) is 9.10 Å². The van der Waals surface area contributed by atoms with Gasteiger partial charge in [0.2, 0.25) is 5.24 Å². The third-order valence-electron chi connectivity index (χ3n) is 2.78. The van der Waals surface area contributed by atoms with E-state index < -0.39 is 21.8 Å². The van der Waals surface area contributed by atoms with Crippen molar-refractivity contribution in [3.8, 4) is 0 Å². The monoisotopic (exact) mass is 465 g/mol. The number of sulfonamides is 1. The lowest BCUT2D eigenvalue weighted by Gasteiger charge is -2.23. The van der Waals surface area contributed by atoms with Gasteiger partial charge in [-0.25, -0.2) is 8.42 Å². The Hall–Kier alpha value is -0.890. The molecule has 0 bridgehead atoms. The number of carbonyl (C=O) groups is 1. The van der Waals surface area contributed by atoms with E-state index in [1.165, 1.54) is 12.1 Å². The van der Waals surface area contributed by atoms with E-state index in [1.807, 2.05) is 0 Å². The van der Waals surface area contributed by atoms with Crippen LogP contribution in [0.1, 0.15) is 0 Å². The average Bonchev–Trinajstić information content (AvgIpc) is 2.46. The molecule has 0 spiro atoms. The van der Waals surface area contributed by atoms with Crippen molar-refractivity contribution in [1.29, 1.82) is 0 Å². The van der Waals surface area contributed by atoms with Crippen molar-refractivity contribution < 1.29 is 13.2 Å². The Morgan fingerprint density at radius 2 is 1.41 bits per heavy atom. The van der Waals surface area contributed by atoms with Crippen molar-refractivity contribution in [1.82, 2.24) is 0 Å². The van der Waals surface area contributed by atoms with Crippen LogP contribution in [-0.4, -0.2) is 20.2 Å². The summed E-state index contributed by atoms with van der Waals surface area (Å²) >= 11 is 11.9. The zero-order valence-corrected chi connectivity index (χ0v) is 15.8. The van der Waals surface area contributed by atoms with Crippen LogP contribution >= 0.6 is 43.5 Å². The fourth-order valence-corrected chi connectivity index (χ4v) is 3.91. The van der Waals surface area contributed by atoms with Gasteiger partial charge in [0.25, 0.3) is 10.0 Å². The first-order valence-electron chi connectivity index (χ1n) is 6.03. The number of nitrogens with zero attached hydrogens (tertiary/aromatic N) is 1. The molecule has 0 amide bonds. The minimum Gasteiger partial charge on any atom is -0.279 e. The molecule has 0 fully saturated rings. The summed E-state index contributed by atoms with van der Waals surface area (Å²) in [5.41, 5.74) is 0.361. The van der Waals surface area contributed by atoms with E-state index in [-0.39, 0.29) is 4.90 Å². The molecule has 0 heterocycles. The lowest BCUT2D eigenvalue weighted by Crippen LogP contribution is -2.34. The Bertz CT molecular complexity index is 777. The van der Waals surface area contributed by atoms with Crippen molar-refractivity contribution >= 4 is 64.4 Å². The highest BCUT2D eigenvalue weighted by Gasteiger charge is 2.26. The van der Waals surface area contributed by atoms with Crippen molar-refractivity contribution in [2.24, 2.45) is 0 Å². The van der Waals surface area contributed by atoms with Crippen LogP contribution in [-0.2, 0) is 14.8 Å². The highest BCUT2D eigenvalue weighted by Crippen LogP contribution is 2.26. The molecular weight excluding hydrogens is 457 g/mol. The van der Waals surface area contributed by atoms with Crippen molar-refractivity contribution in [2.45, 2.75) is 4.90 Å². The maximum absolute atomic E-state index is 12.8. The Morgan fingerprint density at radius 1 is 0.955 bits per heavy atom. The molecule has 2 aromatic carbocycles. The van der Waals surface area contributed by atoms with Gasteiger partial charge >= 0.3 is 0 Å². The second-order valence-electron chi connectivity index (χ2n) is 4.30. The van der Waals surface area contributed by atoms with E-state index in [9.17, 15) is 13.2 Å². The van der Waals surface area contributed by atoms with Crippen LogP contribution in [0.5, 0.6) is 0 Å². The Balaban J connectivity index is 2.50. The molecule has 0 aliphatic heterocycles. The molecule has 8 heteroatoms. The molecular formula is C14H10Br2ClNO3S. The van der Waals surface area contributed by atoms with E-state index in [0.29, 0.717) is 5.69 Å². The molecule has 0 saturated heterocycles. The lowest BCUT2D eigenvalue weighted by atomic mass is 10.3. The van der Waals surface area contributed by atoms with Gasteiger partial charge in [-0.2, -0.15) is 0 Å². The smallest absolute Gasteiger partial charge is 0.264 e. The second-order valence-corrected chi connectivity index (χ2v) is 8.41. The third kappa shape index (κ3) is 4.10. The molecule has 0 aliphatic carbocycles. The van der Waals surface area contributed by atoms with Crippen LogP contribution in [0.4, 0.5) is 5.69 Å². The molecule has 22 heavy (non-hydrogen) atoms. The van der Waals surface area contributed by atoms with Crippen molar-refractivity contribution in [3.05, 3.63) is 57.5 Å². The van der Waals surface area contributed by atoms with Crippen LogP contribution in [0, 0.1) is 0 Å². The number of halogens is 3. The summed E-state index contributed by atoms with van der Waals surface area (Å²) in [7, 11) is -3.89. The van der Waals surface area contributed by atoms with Crippen LogP contribution in [0.3, 0.4) is 0 Å². The van der Waals surface area contributed by atoms with E-state index in [4.69, 9.17) is 11.6 Å². The summed E-state index contributed by atoms with van der Waals surface area (Å²) in [4.78, 5) is 11.3. The number of anilines is 1. The second kappa shape index (κ2) is 7.12. The predicted octanol–water partition coefficient (Wildman–Crippen LogP) is 4.17. The molecule has 2 rings (SSSR count). The summed E-state index contributed by atoms with van der Waals surface area (Å²) in [6.07, 6.45) is 0. The number of hydrogen-bond acceptors (Lipinski definition) is 3. The number of benzene rings is 2. The van der Waals surface area contributed by atoms with Crippen LogP contribution in [0.15, 0.2) is 62.4 Å². The molecule has 2 aromatic rings. The van der Waals surface area contributed by atoms with Gasteiger partial charge < -0.3 is 0 Å². The van der Waals surface area contributed by atoms with E-state index in [1.54, 1.807) is 36.4 Å². The average molecular weight is 468 g/mol. The molecule has 0 aromatic heterocycles. The van der Waals surface area contributed by atoms with Gasteiger partial charge in [0.15, 0.2) is 0 Å².